The summed E-state index contributed by atoms with van der Waals surface area (Å²) in [5.41, 5.74) is 1.22. The van der Waals surface area contributed by atoms with E-state index < -0.39 is 0 Å². The molecule has 1 amide bonds. The number of hydrogen-bond acceptors (Lipinski definition) is 3. The minimum absolute atomic E-state index is 0.143. The number of carbonyl (C=O) groups is 1. The zero-order valence-corrected chi connectivity index (χ0v) is 13.9. The van der Waals surface area contributed by atoms with Crippen molar-refractivity contribution in [1.82, 2.24) is 5.32 Å². The molecule has 1 N–H and O–H groups in total. The predicted octanol–water partition coefficient (Wildman–Crippen LogP) is 3.50. The van der Waals surface area contributed by atoms with Gasteiger partial charge in [0.2, 0.25) is 5.91 Å². The number of benzene rings is 1. The van der Waals surface area contributed by atoms with Crippen LogP contribution in [0.4, 0.5) is 0 Å². The summed E-state index contributed by atoms with van der Waals surface area (Å²) in [6, 6.07) is 6.12. The fourth-order valence-electron chi connectivity index (χ4n) is 2.75. The third-order valence-corrected chi connectivity index (χ3v) is 4.37. The van der Waals surface area contributed by atoms with Crippen LogP contribution in [0.25, 0.3) is 0 Å². The van der Waals surface area contributed by atoms with E-state index in [1.54, 1.807) is 0 Å². The first kappa shape index (κ1) is 16.7. The molecule has 1 aliphatic rings. The lowest BCUT2D eigenvalue weighted by atomic mass is 9.97. The maximum Gasteiger partial charge on any atom is 0.223 e. The first-order valence-electron chi connectivity index (χ1n) is 8.32. The zero-order chi connectivity index (χ0) is 15.9. The normalized spacial score (nSPS) is 14.7. The van der Waals surface area contributed by atoms with Crippen molar-refractivity contribution in [3.05, 3.63) is 23.8 Å². The number of hydrogen-bond donors (Lipinski definition) is 1. The predicted molar refractivity (Wildman–Crippen MR) is 87.5 cm³/mol. The highest BCUT2D eigenvalue weighted by Gasteiger charge is 2.16. The molecule has 0 bridgehead atoms. The van der Waals surface area contributed by atoms with E-state index in [0.717, 1.165) is 30.8 Å². The van der Waals surface area contributed by atoms with Crippen LogP contribution < -0.4 is 14.8 Å². The summed E-state index contributed by atoms with van der Waals surface area (Å²) in [7, 11) is 0. The van der Waals surface area contributed by atoms with Crippen LogP contribution in [0.1, 0.15) is 51.5 Å². The van der Waals surface area contributed by atoms with Crippen molar-refractivity contribution < 1.29 is 14.3 Å². The van der Waals surface area contributed by atoms with Gasteiger partial charge < -0.3 is 14.8 Å². The molecule has 1 unspecified atom stereocenters. The van der Waals surface area contributed by atoms with E-state index in [9.17, 15) is 4.79 Å². The molecule has 1 aliphatic heterocycles. The van der Waals surface area contributed by atoms with Gasteiger partial charge in [0.25, 0.3) is 0 Å². The fourth-order valence-corrected chi connectivity index (χ4v) is 2.75. The third-order valence-electron chi connectivity index (χ3n) is 4.37. The summed E-state index contributed by atoms with van der Waals surface area (Å²) in [6.45, 7) is 8.23. The van der Waals surface area contributed by atoms with E-state index in [0.29, 0.717) is 25.7 Å². The van der Waals surface area contributed by atoms with Crippen molar-refractivity contribution in [2.24, 2.45) is 5.92 Å². The third kappa shape index (κ3) is 4.15. The van der Waals surface area contributed by atoms with Crippen LogP contribution in [-0.4, -0.2) is 25.7 Å². The van der Waals surface area contributed by atoms with Crippen LogP contribution in [0.5, 0.6) is 11.5 Å². The molecule has 0 radical (unpaired) electrons. The average molecular weight is 305 g/mol. The number of fused-ring (bicyclic) bond motifs is 1. The van der Waals surface area contributed by atoms with Gasteiger partial charge in [0.05, 0.1) is 0 Å². The Morgan fingerprint density at radius 2 is 1.86 bits per heavy atom. The summed E-state index contributed by atoms with van der Waals surface area (Å²) < 4.78 is 11.2. The first-order valence-corrected chi connectivity index (χ1v) is 8.32. The first-order chi connectivity index (χ1) is 10.7. The summed E-state index contributed by atoms with van der Waals surface area (Å²) in [4.78, 5) is 12.0. The highest BCUT2D eigenvalue weighted by atomic mass is 16.6. The van der Waals surface area contributed by atoms with Crippen molar-refractivity contribution in [2.45, 2.75) is 46.0 Å². The minimum atomic E-state index is 0.143. The second-order valence-corrected chi connectivity index (χ2v) is 5.90. The lowest BCUT2D eigenvalue weighted by Gasteiger charge is -2.21. The molecular weight excluding hydrogens is 278 g/mol. The Kier molecular flexibility index (Phi) is 6.10. The topological polar surface area (TPSA) is 47.6 Å². The van der Waals surface area contributed by atoms with Crippen LogP contribution >= 0.6 is 0 Å². The largest absolute Gasteiger partial charge is 0.486 e. The molecule has 0 spiro atoms. The molecule has 1 aromatic carbocycles. The van der Waals surface area contributed by atoms with Gasteiger partial charge in [0, 0.05) is 12.5 Å². The Balaban J connectivity index is 1.84. The van der Waals surface area contributed by atoms with E-state index in [-0.39, 0.29) is 11.8 Å². The van der Waals surface area contributed by atoms with Gasteiger partial charge in [0.15, 0.2) is 11.5 Å². The van der Waals surface area contributed by atoms with Crippen LogP contribution in [0, 0.1) is 5.92 Å². The quantitative estimate of drug-likeness (QED) is 0.838. The molecule has 0 saturated heterocycles. The Morgan fingerprint density at radius 3 is 2.55 bits per heavy atom. The second kappa shape index (κ2) is 8.06. The van der Waals surface area contributed by atoms with Crippen molar-refractivity contribution in [3.8, 4) is 11.5 Å². The van der Waals surface area contributed by atoms with Gasteiger partial charge in [-0.15, -0.1) is 0 Å². The van der Waals surface area contributed by atoms with E-state index >= 15 is 0 Å². The molecular formula is C18H27NO3. The molecule has 1 heterocycles. The van der Waals surface area contributed by atoms with Gasteiger partial charge in [-0.25, -0.2) is 0 Å². The Hall–Kier alpha value is -1.71. The molecule has 1 atom stereocenters. The molecule has 0 aromatic heterocycles. The number of carbonyl (C=O) groups excluding carboxylic acids is 1. The molecule has 4 nitrogen and oxygen atoms in total. The Morgan fingerprint density at radius 1 is 1.18 bits per heavy atom. The molecule has 22 heavy (non-hydrogen) atoms. The summed E-state index contributed by atoms with van der Waals surface area (Å²) in [5, 5.41) is 3.05. The minimum Gasteiger partial charge on any atom is -0.486 e. The van der Waals surface area contributed by atoms with Crippen LogP contribution in [-0.2, 0) is 4.79 Å². The number of amides is 1. The van der Waals surface area contributed by atoms with Crippen molar-refractivity contribution in [1.29, 1.82) is 0 Å². The maximum absolute atomic E-state index is 12.0. The van der Waals surface area contributed by atoms with Gasteiger partial charge in [-0.3, -0.25) is 4.79 Å². The zero-order valence-electron chi connectivity index (χ0n) is 13.9. The molecule has 122 valence electrons. The molecule has 0 fully saturated rings. The maximum atomic E-state index is 12.0. The SMILES string of the molecule is CCC(CC)C(=O)NCCC(C)c1ccc2c(c1)OCCO2. The number of ether oxygens (including phenoxy) is 2. The van der Waals surface area contributed by atoms with Crippen LogP contribution in [0.15, 0.2) is 18.2 Å². The highest BCUT2D eigenvalue weighted by Crippen LogP contribution is 2.33. The van der Waals surface area contributed by atoms with Crippen molar-refractivity contribution in [2.75, 3.05) is 19.8 Å². The number of nitrogens with one attached hydrogen (secondary N) is 1. The molecule has 0 aliphatic carbocycles. The standard InChI is InChI=1S/C18H27NO3/c1-4-14(5-2)18(20)19-9-8-13(3)15-6-7-16-17(12-15)22-11-10-21-16/h6-7,12-14H,4-5,8-11H2,1-3H3,(H,19,20). The van der Waals surface area contributed by atoms with E-state index in [1.165, 1.54) is 5.56 Å². The van der Waals surface area contributed by atoms with Crippen molar-refractivity contribution in [3.63, 3.8) is 0 Å². The molecule has 1 aromatic rings. The van der Waals surface area contributed by atoms with Crippen molar-refractivity contribution >= 4 is 5.91 Å². The van der Waals surface area contributed by atoms with Gasteiger partial charge in [-0.2, -0.15) is 0 Å². The molecule has 0 saturated carbocycles. The Labute approximate surface area is 133 Å². The summed E-state index contributed by atoms with van der Waals surface area (Å²) >= 11 is 0. The van der Waals surface area contributed by atoms with Gasteiger partial charge in [0.1, 0.15) is 13.2 Å². The van der Waals surface area contributed by atoms with Gasteiger partial charge in [-0.05, 0) is 42.9 Å². The van der Waals surface area contributed by atoms with Crippen LogP contribution in [0.2, 0.25) is 0 Å². The Bertz CT molecular complexity index is 497. The second-order valence-electron chi connectivity index (χ2n) is 5.90. The van der Waals surface area contributed by atoms with E-state index in [1.807, 2.05) is 6.07 Å². The van der Waals surface area contributed by atoms with E-state index in [2.05, 4.69) is 38.2 Å². The lowest BCUT2D eigenvalue weighted by molar-refractivity contribution is -0.125. The van der Waals surface area contributed by atoms with Gasteiger partial charge in [-0.1, -0.05) is 26.8 Å². The van der Waals surface area contributed by atoms with E-state index in [4.69, 9.17) is 9.47 Å². The lowest BCUT2D eigenvalue weighted by Crippen LogP contribution is -2.31. The van der Waals surface area contributed by atoms with Crippen LogP contribution in [0.3, 0.4) is 0 Å². The number of rotatable bonds is 7. The monoisotopic (exact) mass is 305 g/mol. The fraction of sp³-hybridized carbons (Fsp3) is 0.611. The average Bonchev–Trinajstić information content (AvgIpc) is 2.55. The highest BCUT2D eigenvalue weighted by molar-refractivity contribution is 5.78. The van der Waals surface area contributed by atoms with Gasteiger partial charge >= 0.3 is 0 Å². The summed E-state index contributed by atoms with van der Waals surface area (Å²) in [5.74, 6) is 2.35. The molecule has 4 heteroatoms. The smallest absolute Gasteiger partial charge is 0.223 e. The summed E-state index contributed by atoms with van der Waals surface area (Å²) in [6.07, 6.45) is 2.73. The molecule has 2 rings (SSSR count).